The van der Waals surface area contributed by atoms with Crippen molar-refractivity contribution in [2.24, 2.45) is 34.5 Å². The third-order valence-electron chi connectivity index (χ3n) is 9.21. The molecule has 5 fully saturated rings. The number of carbonyl (C=O) groups is 3. The van der Waals surface area contributed by atoms with Crippen LogP contribution in [0.4, 0.5) is 5.69 Å². The SMILES string of the molecule is C=C1C(=O)C23CC[C@H]1CC2[C@]1(C=O)CCC[C@H](C)C1C[C@H]3OC(=O)c1ccc(N)cc1. The van der Waals surface area contributed by atoms with Gasteiger partial charge in [0.15, 0.2) is 5.78 Å². The van der Waals surface area contributed by atoms with Crippen LogP contribution in [0.1, 0.15) is 62.2 Å². The summed E-state index contributed by atoms with van der Waals surface area (Å²) < 4.78 is 6.15. The van der Waals surface area contributed by atoms with Crippen molar-refractivity contribution in [2.75, 3.05) is 5.73 Å². The number of ketones is 1. The quantitative estimate of drug-likeness (QED) is 0.339. The van der Waals surface area contributed by atoms with Gasteiger partial charge in [-0.1, -0.05) is 26.3 Å². The molecular weight excluding hydrogens is 390 g/mol. The van der Waals surface area contributed by atoms with Gasteiger partial charge in [-0.3, -0.25) is 4.79 Å². The molecule has 2 N–H and O–H groups in total. The molecule has 5 saturated carbocycles. The molecule has 3 unspecified atom stereocenters. The second-order valence-corrected chi connectivity index (χ2v) is 10.4. The van der Waals surface area contributed by atoms with E-state index in [9.17, 15) is 14.4 Å². The van der Waals surface area contributed by atoms with E-state index < -0.39 is 22.9 Å². The van der Waals surface area contributed by atoms with Crippen molar-refractivity contribution < 1.29 is 19.1 Å². The van der Waals surface area contributed by atoms with Crippen molar-refractivity contribution >= 4 is 23.7 Å². The van der Waals surface area contributed by atoms with Gasteiger partial charge in [0.25, 0.3) is 0 Å². The van der Waals surface area contributed by atoms with Crippen LogP contribution in [0.5, 0.6) is 0 Å². The van der Waals surface area contributed by atoms with Crippen LogP contribution < -0.4 is 5.73 Å². The van der Waals surface area contributed by atoms with Gasteiger partial charge >= 0.3 is 5.97 Å². The molecule has 5 aliphatic carbocycles. The molecule has 0 aliphatic heterocycles. The fourth-order valence-electron chi connectivity index (χ4n) is 7.67. The first-order chi connectivity index (χ1) is 14.8. The predicted octanol–water partition coefficient (Wildman–Crippen LogP) is 4.36. The van der Waals surface area contributed by atoms with Gasteiger partial charge in [-0.15, -0.1) is 0 Å². The minimum absolute atomic E-state index is 0.0352. The lowest BCUT2D eigenvalue weighted by Gasteiger charge is -2.66. The molecule has 7 atom stereocenters. The summed E-state index contributed by atoms with van der Waals surface area (Å²) in [6.07, 6.45) is 6.51. The molecule has 0 amide bonds. The van der Waals surface area contributed by atoms with Crippen molar-refractivity contribution in [3.05, 3.63) is 42.0 Å². The van der Waals surface area contributed by atoms with Gasteiger partial charge in [0.2, 0.25) is 0 Å². The first-order valence-electron chi connectivity index (χ1n) is 11.6. The molecule has 1 spiro atoms. The molecule has 2 bridgehead atoms. The Morgan fingerprint density at radius 1 is 1.19 bits per heavy atom. The van der Waals surface area contributed by atoms with Crippen molar-refractivity contribution in [3.8, 4) is 0 Å². The summed E-state index contributed by atoms with van der Waals surface area (Å²) in [5.74, 6) is 0.201. The first-order valence-corrected chi connectivity index (χ1v) is 11.6. The van der Waals surface area contributed by atoms with Crippen LogP contribution in [-0.4, -0.2) is 24.1 Å². The van der Waals surface area contributed by atoms with E-state index in [0.717, 1.165) is 32.1 Å². The Balaban J connectivity index is 1.58. The number of Topliss-reactive ketones (excluding diaryl/α,β-unsaturated/α-hetero) is 1. The van der Waals surface area contributed by atoms with Crippen LogP contribution in [0.2, 0.25) is 0 Å². The molecule has 164 valence electrons. The molecule has 0 saturated heterocycles. The van der Waals surface area contributed by atoms with E-state index in [4.69, 9.17) is 10.5 Å². The minimum atomic E-state index is -0.816. The van der Waals surface area contributed by atoms with Crippen LogP contribution in [0.3, 0.4) is 0 Å². The molecular formula is C26H31NO4. The maximum absolute atomic E-state index is 13.7. The number of ether oxygens (including phenoxy) is 1. The number of hydrogen-bond acceptors (Lipinski definition) is 5. The number of benzene rings is 1. The smallest absolute Gasteiger partial charge is 0.338 e. The minimum Gasteiger partial charge on any atom is -0.458 e. The molecule has 1 aromatic rings. The normalized spacial score (nSPS) is 41.3. The number of allylic oxidation sites excluding steroid dienone is 1. The number of carbonyl (C=O) groups excluding carboxylic acids is 3. The fourth-order valence-corrected chi connectivity index (χ4v) is 7.67. The number of nitrogens with two attached hydrogens (primary N) is 1. The van der Waals surface area contributed by atoms with E-state index in [0.29, 0.717) is 35.6 Å². The number of nitrogen functional groups attached to an aromatic ring is 1. The summed E-state index contributed by atoms with van der Waals surface area (Å²) in [7, 11) is 0. The van der Waals surface area contributed by atoms with Gasteiger partial charge in [0, 0.05) is 11.1 Å². The molecule has 5 heteroatoms. The highest BCUT2D eigenvalue weighted by atomic mass is 16.5. The number of hydrogen-bond donors (Lipinski definition) is 1. The van der Waals surface area contributed by atoms with E-state index in [1.165, 1.54) is 6.29 Å². The molecule has 0 radical (unpaired) electrons. The Kier molecular flexibility index (Phi) is 4.65. The summed E-state index contributed by atoms with van der Waals surface area (Å²) in [5, 5.41) is 0. The van der Waals surface area contributed by atoms with Crippen LogP contribution in [-0.2, 0) is 14.3 Å². The summed E-state index contributed by atoms with van der Waals surface area (Å²) in [5.41, 5.74) is 6.13. The average molecular weight is 422 g/mol. The maximum Gasteiger partial charge on any atom is 0.338 e. The van der Waals surface area contributed by atoms with Gasteiger partial charge in [-0.05, 0) is 85.6 Å². The van der Waals surface area contributed by atoms with E-state index in [2.05, 4.69) is 13.5 Å². The molecule has 31 heavy (non-hydrogen) atoms. The Bertz CT molecular complexity index is 953. The maximum atomic E-state index is 13.7. The number of anilines is 1. The first kappa shape index (κ1) is 20.5. The predicted molar refractivity (Wildman–Crippen MR) is 117 cm³/mol. The van der Waals surface area contributed by atoms with Crippen molar-refractivity contribution in [2.45, 2.75) is 58.0 Å². The van der Waals surface area contributed by atoms with E-state index in [1.807, 2.05) is 0 Å². The molecule has 1 aromatic carbocycles. The Hall–Kier alpha value is -2.43. The van der Waals surface area contributed by atoms with E-state index in [-0.39, 0.29) is 23.5 Å². The zero-order valence-electron chi connectivity index (χ0n) is 18.1. The van der Waals surface area contributed by atoms with E-state index in [1.54, 1.807) is 24.3 Å². The lowest BCUT2D eigenvalue weighted by atomic mass is 9.37. The van der Waals surface area contributed by atoms with Gasteiger partial charge < -0.3 is 15.3 Å². The van der Waals surface area contributed by atoms with Crippen molar-refractivity contribution in [1.29, 1.82) is 0 Å². The highest BCUT2D eigenvalue weighted by Gasteiger charge is 2.71. The number of esters is 1. The highest BCUT2D eigenvalue weighted by Crippen LogP contribution is 2.69. The Morgan fingerprint density at radius 2 is 1.94 bits per heavy atom. The van der Waals surface area contributed by atoms with Gasteiger partial charge in [-0.25, -0.2) is 4.79 Å². The van der Waals surface area contributed by atoms with Crippen LogP contribution in [0.25, 0.3) is 0 Å². The third-order valence-corrected chi connectivity index (χ3v) is 9.21. The lowest BCUT2D eigenvalue weighted by molar-refractivity contribution is -0.202. The van der Waals surface area contributed by atoms with Gasteiger partial charge in [0.05, 0.1) is 11.0 Å². The highest BCUT2D eigenvalue weighted by molar-refractivity contribution is 6.03. The summed E-state index contributed by atoms with van der Waals surface area (Å²) in [6, 6.07) is 6.68. The zero-order chi connectivity index (χ0) is 22.0. The molecule has 5 aliphatic rings. The van der Waals surface area contributed by atoms with Crippen LogP contribution >= 0.6 is 0 Å². The second kappa shape index (κ2) is 7.04. The summed E-state index contributed by atoms with van der Waals surface area (Å²) >= 11 is 0. The van der Waals surface area contributed by atoms with E-state index >= 15 is 0 Å². The fraction of sp³-hybridized carbons (Fsp3) is 0.577. The summed E-state index contributed by atoms with van der Waals surface area (Å²) in [4.78, 5) is 39.5. The molecule has 6 rings (SSSR count). The standard InChI is InChI=1S/C26H31NO4/c1-15-4-3-10-25(14-28)20(15)13-22(31-24(30)17-5-7-19(27)8-6-17)26-11-9-18(12-21(25)26)16(2)23(26)29/h5-8,14-15,18,20-22H,2-4,9-13,27H2,1H3/t15-,18-,20?,21?,22+,25-,26?/m0/s1. The van der Waals surface area contributed by atoms with Crippen molar-refractivity contribution in [3.63, 3.8) is 0 Å². The number of fused-ring (bicyclic) bond motifs is 3. The Morgan fingerprint density at radius 3 is 2.65 bits per heavy atom. The van der Waals surface area contributed by atoms with Crippen molar-refractivity contribution in [1.82, 2.24) is 0 Å². The average Bonchev–Trinajstić information content (AvgIpc) is 2.78. The largest absolute Gasteiger partial charge is 0.458 e. The number of aldehydes is 1. The summed E-state index contributed by atoms with van der Waals surface area (Å²) in [6.45, 7) is 6.33. The second-order valence-electron chi connectivity index (χ2n) is 10.4. The zero-order valence-corrected chi connectivity index (χ0v) is 18.1. The monoisotopic (exact) mass is 421 g/mol. The third kappa shape index (κ3) is 2.71. The van der Waals surface area contributed by atoms with Crippen LogP contribution in [0.15, 0.2) is 36.4 Å². The Labute approximate surface area is 183 Å². The molecule has 0 aromatic heterocycles. The molecule has 5 nitrogen and oxygen atoms in total. The van der Waals surface area contributed by atoms with Crippen LogP contribution in [0, 0.1) is 34.5 Å². The topological polar surface area (TPSA) is 86.5 Å². The van der Waals surface area contributed by atoms with Gasteiger partial charge in [0.1, 0.15) is 12.4 Å². The number of rotatable bonds is 3. The lowest BCUT2D eigenvalue weighted by Crippen LogP contribution is -2.68. The van der Waals surface area contributed by atoms with Gasteiger partial charge in [-0.2, -0.15) is 0 Å². The molecule has 0 heterocycles.